The van der Waals surface area contributed by atoms with Crippen LogP contribution in [0.15, 0.2) is 18.2 Å². The minimum Gasteiger partial charge on any atom is -0.493 e. The molecule has 0 amide bonds. The standard InChI is InChI=1S/C16H24FNO/c1-12(2)18-10-14-7-8-15(17)9-16(14)19-11-13-5-3-4-6-13/h7-9,12-13,18H,3-6,10-11H2,1-2H3. The summed E-state index contributed by atoms with van der Waals surface area (Å²) >= 11 is 0. The van der Waals surface area contributed by atoms with Gasteiger partial charge < -0.3 is 10.1 Å². The second kappa shape index (κ2) is 6.90. The number of benzene rings is 1. The van der Waals surface area contributed by atoms with Crippen LogP contribution in [0.5, 0.6) is 5.75 Å². The van der Waals surface area contributed by atoms with Crippen LogP contribution in [-0.2, 0) is 6.54 Å². The Hall–Kier alpha value is -1.09. The normalized spacial score (nSPS) is 16.2. The van der Waals surface area contributed by atoms with Crippen molar-refractivity contribution in [3.8, 4) is 5.75 Å². The average molecular weight is 265 g/mol. The molecule has 1 aliphatic rings. The summed E-state index contributed by atoms with van der Waals surface area (Å²) in [5.74, 6) is 1.11. The Kier molecular flexibility index (Phi) is 5.20. The third-order valence-corrected chi connectivity index (χ3v) is 3.68. The number of nitrogens with one attached hydrogen (secondary N) is 1. The Balaban J connectivity index is 1.97. The predicted molar refractivity (Wildman–Crippen MR) is 75.8 cm³/mol. The molecule has 3 heteroatoms. The monoisotopic (exact) mass is 265 g/mol. The lowest BCUT2D eigenvalue weighted by atomic mass is 10.1. The molecule has 0 atom stereocenters. The summed E-state index contributed by atoms with van der Waals surface area (Å²) in [7, 11) is 0. The van der Waals surface area contributed by atoms with E-state index in [4.69, 9.17) is 4.74 Å². The van der Waals surface area contributed by atoms with Crippen LogP contribution in [0.3, 0.4) is 0 Å². The molecular weight excluding hydrogens is 241 g/mol. The zero-order valence-electron chi connectivity index (χ0n) is 11.9. The minimum absolute atomic E-state index is 0.227. The lowest BCUT2D eigenvalue weighted by Gasteiger charge is -2.16. The molecule has 0 saturated heterocycles. The minimum atomic E-state index is -0.227. The number of rotatable bonds is 6. The van der Waals surface area contributed by atoms with Crippen molar-refractivity contribution in [1.82, 2.24) is 5.32 Å². The molecule has 1 aromatic carbocycles. The molecule has 0 aliphatic heterocycles. The molecule has 2 nitrogen and oxygen atoms in total. The molecule has 1 aromatic rings. The fourth-order valence-electron chi connectivity index (χ4n) is 2.51. The van der Waals surface area contributed by atoms with E-state index in [0.29, 0.717) is 17.7 Å². The quantitative estimate of drug-likeness (QED) is 0.842. The number of hydrogen-bond acceptors (Lipinski definition) is 2. The Morgan fingerprint density at radius 1 is 1.32 bits per heavy atom. The van der Waals surface area contributed by atoms with Gasteiger partial charge in [0.1, 0.15) is 11.6 Å². The summed E-state index contributed by atoms with van der Waals surface area (Å²) in [5, 5.41) is 3.35. The van der Waals surface area contributed by atoms with Crippen molar-refractivity contribution < 1.29 is 9.13 Å². The van der Waals surface area contributed by atoms with Gasteiger partial charge >= 0.3 is 0 Å². The number of hydrogen-bond donors (Lipinski definition) is 1. The van der Waals surface area contributed by atoms with E-state index in [1.165, 1.54) is 37.8 Å². The van der Waals surface area contributed by atoms with Crippen LogP contribution in [-0.4, -0.2) is 12.6 Å². The molecule has 1 saturated carbocycles. The van der Waals surface area contributed by atoms with Crippen molar-refractivity contribution in [1.29, 1.82) is 0 Å². The molecular formula is C16H24FNO. The molecule has 2 rings (SSSR count). The second-order valence-electron chi connectivity index (χ2n) is 5.75. The fourth-order valence-corrected chi connectivity index (χ4v) is 2.51. The molecule has 1 N–H and O–H groups in total. The zero-order valence-corrected chi connectivity index (χ0v) is 11.9. The van der Waals surface area contributed by atoms with Crippen LogP contribution in [0.2, 0.25) is 0 Å². The number of halogens is 1. The van der Waals surface area contributed by atoms with Gasteiger partial charge in [0.15, 0.2) is 0 Å². The van der Waals surface area contributed by atoms with Crippen LogP contribution < -0.4 is 10.1 Å². The van der Waals surface area contributed by atoms with Crippen LogP contribution in [0.1, 0.15) is 45.1 Å². The summed E-state index contributed by atoms with van der Waals surface area (Å²) < 4.78 is 19.2. The van der Waals surface area contributed by atoms with E-state index in [-0.39, 0.29) is 5.82 Å². The zero-order chi connectivity index (χ0) is 13.7. The highest BCUT2D eigenvalue weighted by atomic mass is 19.1. The third kappa shape index (κ3) is 4.50. The molecule has 1 aliphatic carbocycles. The van der Waals surface area contributed by atoms with Gasteiger partial charge in [-0.05, 0) is 24.8 Å². The molecule has 0 spiro atoms. The molecule has 0 aromatic heterocycles. The van der Waals surface area contributed by atoms with Gasteiger partial charge in [0.25, 0.3) is 0 Å². The van der Waals surface area contributed by atoms with E-state index in [1.807, 2.05) is 6.07 Å². The Morgan fingerprint density at radius 2 is 2.05 bits per heavy atom. The van der Waals surface area contributed by atoms with Crippen molar-refractivity contribution in [2.45, 2.75) is 52.1 Å². The van der Waals surface area contributed by atoms with Crippen molar-refractivity contribution in [3.05, 3.63) is 29.6 Å². The lowest BCUT2D eigenvalue weighted by Crippen LogP contribution is -2.22. The Bertz CT molecular complexity index is 400. The van der Waals surface area contributed by atoms with E-state index in [1.54, 1.807) is 0 Å². The lowest BCUT2D eigenvalue weighted by molar-refractivity contribution is 0.248. The average Bonchev–Trinajstić information content (AvgIpc) is 2.88. The van der Waals surface area contributed by atoms with Gasteiger partial charge in [0.05, 0.1) is 6.61 Å². The first-order valence-electron chi connectivity index (χ1n) is 7.30. The van der Waals surface area contributed by atoms with E-state index in [9.17, 15) is 4.39 Å². The molecule has 0 unspecified atom stereocenters. The van der Waals surface area contributed by atoms with Crippen LogP contribution >= 0.6 is 0 Å². The topological polar surface area (TPSA) is 21.3 Å². The van der Waals surface area contributed by atoms with Gasteiger partial charge in [0, 0.05) is 24.2 Å². The molecule has 19 heavy (non-hydrogen) atoms. The first-order chi connectivity index (χ1) is 9.15. The van der Waals surface area contributed by atoms with E-state index >= 15 is 0 Å². The molecule has 0 radical (unpaired) electrons. The number of ether oxygens (including phenoxy) is 1. The van der Waals surface area contributed by atoms with E-state index < -0.39 is 0 Å². The van der Waals surface area contributed by atoms with Crippen LogP contribution in [0.4, 0.5) is 4.39 Å². The fraction of sp³-hybridized carbons (Fsp3) is 0.625. The van der Waals surface area contributed by atoms with Crippen molar-refractivity contribution in [3.63, 3.8) is 0 Å². The van der Waals surface area contributed by atoms with Gasteiger partial charge in [-0.3, -0.25) is 0 Å². The van der Waals surface area contributed by atoms with Gasteiger partial charge in [-0.2, -0.15) is 0 Å². The van der Waals surface area contributed by atoms with Gasteiger partial charge in [-0.25, -0.2) is 4.39 Å². The largest absolute Gasteiger partial charge is 0.493 e. The third-order valence-electron chi connectivity index (χ3n) is 3.68. The molecule has 0 bridgehead atoms. The second-order valence-corrected chi connectivity index (χ2v) is 5.75. The first kappa shape index (κ1) is 14.3. The van der Waals surface area contributed by atoms with E-state index in [2.05, 4.69) is 19.2 Å². The Morgan fingerprint density at radius 3 is 2.74 bits per heavy atom. The van der Waals surface area contributed by atoms with Crippen molar-refractivity contribution in [2.75, 3.05) is 6.61 Å². The highest BCUT2D eigenvalue weighted by Crippen LogP contribution is 2.27. The SMILES string of the molecule is CC(C)NCc1ccc(F)cc1OCC1CCCC1. The van der Waals surface area contributed by atoms with Gasteiger partial charge in [-0.1, -0.05) is 32.8 Å². The molecule has 1 fully saturated rings. The maximum atomic E-state index is 13.3. The first-order valence-corrected chi connectivity index (χ1v) is 7.30. The highest BCUT2D eigenvalue weighted by Gasteiger charge is 2.16. The summed E-state index contributed by atoms with van der Waals surface area (Å²) in [6.07, 6.45) is 5.10. The van der Waals surface area contributed by atoms with Gasteiger partial charge in [0.2, 0.25) is 0 Å². The van der Waals surface area contributed by atoms with Crippen LogP contribution in [0, 0.1) is 11.7 Å². The predicted octanol–water partition coefficient (Wildman–Crippen LogP) is 3.89. The van der Waals surface area contributed by atoms with Crippen molar-refractivity contribution in [2.24, 2.45) is 5.92 Å². The summed E-state index contributed by atoms with van der Waals surface area (Å²) in [6, 6.07) is 5.23. The molecule has 106 valence electrons. The summed E-state index contributed by atoms with van der Waals surface area (Å²) in [5.41, 5.74) is 1.04. The Labute approximate surface area is 115 Å². The smallest absolute Gasteiger partial charge is 0.126 e. The maximum Gasteiger partial charge on any atom is 0.126 e. The van der Waals surface area contributed by atoms with Crippen LogP contribution in [0.25, 0.3) is 0 Å². The maximum absolute atomic E-state index is 13.3. The molecule has 0 heterocycles. The van der Waals surface area contributed by atoms with Gasteiger partial charge in [-0.15, -0.1) is 0 Å². The summed E-state index contributed by atoms with van der Waals surface area (Å²) in [6.45, 7) is 5.64. The van der Waals surface area contributed by atoms with Crippen molar-refractivity contribution >= 4 is 0 Å². The highest BCUT2D eigenvalue weighted by molar-refractivity contribution is 5.34. The van der Waals surface area contributed by atoms with E-state index in [0.717, 1.165) is 18.7 Å². The summed E-state index contributed by atoms with van der Waals surface area (Å²) in [4.78, 5) is 0.